The zero-order chi connectivity index (χ0) is 18.4. The van der Waals surface area contributed by atoms with Crippen molar-refractivity contribution in [2.45, 2.75) is 6.61 Å². The van der Waals surface area contributed by atoms with Gasteiger partial charge in [-0.25, -0.2) is 0 Å². The number of nitrogens with one attached hydrogen (secondary N) is 1. The van der Waals surface area contributed by atoms with E-state index >= 15 is 0 Å². The standard InChI is InChI=1S/C18H14ClN3O4/c19-14-8-6-12(7-9-14)17(24)20-10-16(23)25-11-15-21-22-18(26-15)13-4-2-1-3-5-13/h1-9H,10-11H2,(H,20,24). The predicted molar refractivity (Wildman–Crippen MR) is 93.3 cm³/mol. The minimum Gasteiger partial charge on any atom is -0.454 e. The van der Waals surface area contributed by atoms with Crippen LogP contribution in [0.2, 0.25) is 5.02 Å². The topological polar surface area (TPSA) is 94.3 Å². The lowest BCUT2D eigenvalue weighted by atomic mass is 10.2. The number of carbonyl (C=O) groups excluding carboxylic acids is 2. The highest BCUT2D eigenvalue weighted by Crippen LogP contribution is 2.17. The molecule has 8 heteroatoms. The molecule has 0 saturated heterocycles. The van der Waals surface area contributed by atoms with E-state index in [0.717, 1.165) is 5.56 Å². The number of hydrogen-bond donors (Lipinski definition) is 1. The van der Waals surface area contributed by atoms with E-state index in [1.807, 2.05) is 30.3 Å². The Morgan fingerprint density at radius 3 is 2.50 bits per heavy atom. The lowest BCUT2D eigenvalue weighted by Gasteiger charge is -2.05. The van der Waals surface area contributed by atoms with Crippen molar-refractivity contribution in [2.75, 3.05) is 6.54 Å². The third-order valence-electron chi connectivity index (χ3n) is 3.34. The largest absolute Gasteiger partial charge is 0.454 e. The highest BCUT2D eigenvalue weighted by molar-refractivity contribution is 6.30. The van der Waals surface area contributed by atoms with Crippen LogP contribution in [0, 0.1) is 0 Å². The molecular weight excluding hydrogens is 358 g/mol. The molecule has 2 aromatic carbocycles. The van der Waals surface area contributed by atoms with Gasteiger partial charge in [-0.2, -0.15) is 0 Å². The fourth-order valence-electron chi connectivity index (χ4n) is 2.06. The number of nitrogens with zero attached hydrogens (tertiary/aromatic N) is 2. The highest BCUT2D eigenvalue weighted by Gasteiger charge is 2.12. The number of amides is 1. The molecule has 1 amide bonds. The van der Waals surface area contributed by atoms with E-state index in [-0.39, 0.29) is 19.0 Å². The third kappa shape index (κ3) is 4.67. The van der Waals surface area contributed by atoms with Crippen LogP contribution in [0.5, 0.6) is 0 Å². The number of aromatic nitrogens is 2. The molecular formula is C18H14ClN3O4. The predicted octanol–water partition coefficient (Wildman–Crippen LogP) is 2.86. The van der Waals surface area contributed by atoms with E-state index in [4.69, 9.17) is 20.8 Å². The van der Waals surface area contributed by atoms with Crippen LogP contribution in [0.3, 0.4) is 0 Å². The van der Waals surface area contributed by atoms with Gasteiger partial charge in [0, 0.05) is 16.1 Å². The highest BCUT2D eigenvalue weighted by atomic mass is 35.5. The Morgan fingerprint density at radius 1 is 1.04 bits per heavy atom. The van der Waals surface area contributed by atoms with E-state index in [2.05, 4.69) is 15.5 Å². The van der Waals surface area contributed by atoms with Crippen molar-refractivity contribution in [2.24, 2.45) is 0 Å². The molecule has 0 radical (unpaired) electrons. The molecule has 0 saturated carbocycles. The van der Waals surface area contributed by atoms with E-state index in [9.17, 15) is 9.59 Å². The number of esters is 1. The summed E-state index contributed by atoms with van der Waals surface area (Å²) in [4.78, 5) is 23.6. The van der Waals surface area contributed by atoms with Gasteiger partial charge in [0.2, 0.25) is 5.89 Å². The van der Waals surface area contributed by atoms with Crippen molar-refractivity contribution < 1.29 is 18.7 Å². The van der Waals surface area contributed by atoms with Gasteiger partial charge in [0.05, 0.1) is 0 Å². The molecule has 0 unspecified atom stereocenters. The average Bonchev–Trinajstić information content (AvgIpc) is 3.15. The summed E-state index contributed by atoms with van der Waals surface area (Å²) in [6.45, 7) is -0.448. The van der Waals surface area contributed by atoms with Gasteiger partial charge in [0.1, 0.15) is 6.54 Å². The fourth-order valence-corrected chi connectivity index (χ4v) is 2.18. The van der Waals surface area contributed by atoms with Gasteiger partial charge in [-0.1, -0.05) is 29.8 Å². The first-order valence-electron chi connectivity index (χ1n) is 7.69. The smallest absolute Gasteiger partial charge is 0.325 e. The van der Waals surface area contributed by atoms with Crippen LogP contribution in [0.4, 0.5) is 0 Å². The van der Waals surface area contributed by atoms with E-state index < -0.39 is 11.9 Å². The maximum absolute atomic E-state index is 11.9. The number of rotatable bonds is 6. The molecule has 132 valence electrons. The molecule has 1 aromatic heterocycles. The van der Waals surface area contributed by atoms with Crippen molar-refractivity contribution in [3.05, 3.63) is 71.1 Å². The van der Waals surface area contributed by atoms with Crippen molar-refractivity contribution in [3.63, 3.8) is 0 Å². The number of halogens is 1. The fraction of sp³-hybridized carbons (Fsp3) is 0.111. The number of hydrogen-bond acceptors (Lipinski definition) is 6. The summed E-state index contributed by atoms with van der Waals surface area (Å²) >= 11 is 5.76. The molecule has 0 fully saturated rings. The van der Waals surface area contributed by atoms with Gasteiger partial charge < -0.3 is 14.5 Å². The minimum absolute atomic E-state index is 0.168. The molecule has 0 atom stereocenters. The summed E-state index contributed by atoms with van der Waals surface area (Å²) in [5.74, 6) is -0.511. The molecule has 7 nitrogen and oxygen atoms in total. The van der Waals surface area contributed by atoms with Crippen molar-refractivity contribution in [1.82, 2.24) is 15.5 Å². The summed E-state index contributed by atoms with van der Waals surface area (Å²) in [6.07, 6.45) is 0. The Labute approximate surface area is 153 Å². The first kappa shape index (κ1) is 17.6. The third-order valence-corrected chi connectivity index (χ3v) is 3.60. The van der Waals surface area contributed by atoms with Crippen molar-refractivity contribution in [3.8, 4) is 11.5 Å². The monoisotopic (exact) mass is 371 g/mol. The van der Waals surface area contributed by atoms with Crippen LogP contribution in [0.25, 0.3) is 11.5 Å². The second kappa shape index (κ2) is 8.26. The Hall–Kier alpha value is -3.19. The molecule has 3 rings (SSSR count). The van der Waals surface area contributed by atoms with Gasteiger partial charge >= 0.3 is 5.97 Å². The molecule has 0 bridgehead atoms. The van der Waals surface area contributed by atoms with E-state index in [1.165, 1.54) is 0 Å². The van der Waals surface area contributed by atoms with Crippen LogP contribution in [0.1, 0.15) is 16.2 Å². The Morgan fingerprint density at radius 2 is 1.77 bits per heavy atom. The van der Waals surface area contributed by atoms with Gasteiger partial charge in [0.15, 0.2) is 6.61 Å². The van der Waals surface area contributed by atoms with Crippen LogP contribution in [0.15, 0.2) is 59.0 Å². The van der Waals surface area contributed by atoms with Crippen LogP contribution in [-0.4, -0.2) is 28.6 Å². The summed E-state index contributed by atoms with van der Waals surface area (Å²) in [7, 11) is 0. The molecule has 1 heterocycles. The molecule has 26 heavy (non-hydrogen) atoms. The molecule has 0 aliphatic heterocycles. The first-order chi connectivity index (χ1) is 12.6. The molecule has 0 aliphatic rings. The van der Waals surface area contributed by atoms with Gasteiger partial charge in [0.25, 0.3) is 11.8 Å². The second-order valence-corrected chi connectivity index (χ2v) is 5.65. The molecule has 0 aliphatic carbocycles. The first-order valence-corrected chi connectivity index (χ1v) is 8.07. The molecule has 3 aromatic rings. The molecule has 1 N–H and O–H groups in total. The Kier molecular flexibility index (Phi) is 5.60. The van der Waals surface area contributed by atoms with Gasteiger partial charge in [-0.15, -0.1) is 10.2 Å². The molecule has 0 spiro atoms. The van der Waals surface area contributed by atoms with Gasteiger partial charge in [-0.05, 0) is 36.4 Å². The summed E-state index contributed by atoms with van der Waals surface area (Å²) in [6, 6.07) is 15.5. The van der Waals surface area contributed by atoms with Crippen LogP contribution in [-0.2, 0) is 16.1 Å². The zero-order valence-corrected chi connectivity index (χ0v) is 14.3. The van der Waals surface area contributed by atoms with Crippen LogP contribution < -0.4 is 5.32 Å². The minimum atomic E-state index is -0.619. The maximum atomic E-state index is 11.9. The number of carbonyl (C=O) groups is 2. The summed E-state index contributed by atoms with van der Waals surface area (Å²) in [5.41, 5.74) is 1.17. The zero-order valence-electron chi connectivity index (χ0n) is 13.5. The quantitative estimate of drug-likeness (QED) is 0.669. The van der Waals surface area contributed by atoms with E-state index in [0.29, 0.717) is 16.5 Å². The lowest BCUT2D eigenvalue weighted by molar-refractivity contribution is -0.144. The SMILES string of the molecule is O=C(CNC(=O)c1ccc(Cl)cc1)OCc1nnc(-c2ccccc2)o1. The summed E-state index contributed by atoms with van der Waals surface area (Å²) < 4.78 is 10.4. The van der Waals surface area contributed by atoms with Gasteiger partial charge in [-0.3, -0.25) is 9.59 Å². The van der Waals surface area contributed by atoms with Crippen molar-refractivity contribution in [1.29, 1.82) is 0 Å². The summed E-state index contributed by atoms with van der Waals surface area (Å²) in [5, 5.41) is 10.7. The Bertz CT molecular complexity index is 894. The lowest BCUT2D eigenvalue weighted by Crippen LogP contribution is -2.30. The maximum Gasteiger partial charge on any atom is 0.325 e. The van der Waals surface area contributed by atoms with Crippen molar-refractivity contribution >= 4 is 23.5 Å². The number of benzene rings is 2. The second-order valence-electron chi connectivity index (χ2n) is 5.22. The van der Waals surface area contributed by atoms with E-state index in [1.54, 1.807) is 24.3 Å². The normalized spacial score (nSPS) is 10.3. The number of ether oxygens (including phenoxy) is 1. The van der Waals surface area contributed by atoms with Crippen LogP contribution >= 0.6 is 11.6 Å². The Balaban J connectivity index is 1.46. The average molecular weight is 372 g/mol.